The highest BCUT2D eigenvalue weighted by atomic mass is 127. The minimum atomic E-state index is -3.68. The number of hydrogen-bond acceptors (Lipinski definition) is 4. The first-order valence-corrected chi connectivity index (χ1v) is 11.9. The zero-order valence-corrected chi connectivity index (χ0v) is 21.3. The molecule has 11 heteroatoms. The van der Waals surface area contributed by atoms with E-state index in [2.05, 4.69) is 15.6 Å². The van der Waals surface area contributed by atoms with Crippen LogP contribution >= 0.6 is 11.6 Å². The van der Waals surface area contributed by atoms with Crippen LogP contribution in [-0.4, -0.2) is 26.8 Å². The summed E-state index contributed by atoms with van der Waals surface area (Å²) in [6.45, 7) is 0.296. The molecule has 1 aromatic carbocycles. The van der Waals surface area contributed by atoms with Crippen LogP contribution < -0.4 is 44.1 Å². The van der Waals surface area contributed by atoms with Gasteiger partial charge in [-0.1, -0.05) is 23.7 Å². The highest BCUT2D eigenvalue weighted by Gasteiger charge is 2.28. The highest BCUT2D eigenvalue weighted by molar-refractivity contribution is 7.89. The molecule has 1 aromatic heterocycles. The van der Waals surface area contributed by atoms with Crippen molar-refractivity contribution in [1.82, 2.24) is 15.6 Å². The van der Waals surface area contributed by atoms with Crippen molar-refractivity contribution in [3.05, 3.63) is 59.4 Å². The molecule has 3 rings (SSSR count). The number of sulfonamides is 1. The third kappa shape index (κ3) is 7.12. The molecule has 174 valence electrons. The first-order valence-electron chi connectivity index (χ1n) is 10.1. The molecule has 2 aromatic rings. The van der Waals surface area contributed by atoms with E-state index in [0.717, 1.165) is 0 Å². The smallest absolute Gasteiger partial charge is 0.270 e. The summed E-state index contributed by atoms with van der Waals surface area (Å²) < 4.78 is 29.3. The van der Waals surface area contributed by atoms with Crippen molar-refractivity contribution in [3.8, 4) is 0 Å². The summed E-state index contributed by atoms with van der Waals surface area (Å²) in [7, 11) is -1.83. The predicted molar refractivity (Wildman–Crippen MR) is 115 cm³/mol. The van der Waals surface area contributed by atoms with Crippen LogP contribution in [0.25, 0.3) is 0 Å². The van der Waals surface area contributed by atoms with Gasteiger partial charge in [0, 0.05) is 24.6 Å². The van der Waals surface area contributed by atoms with Crippen LogP contribution in [0.2, 0.25) is 5.02 Å². The monoisotopic (exact) mass is 592 g/mol. The van der Waals surface area contributed by atoms with Gasteiger partial charge in [-0.25, -0.2) is 17.7 Å². The molecule has 0 spiro atoms. The van der Waals surface area contributed by atoms with Crippen molar-refractivity contribution in [2.45, 2.75) is 30.6 Å². The molecular formula is C21H26ClIN4O4S. The van der Waals surface area contributed by atoms with Gasteiger partial charge in [-0.2, -0.15) is 0 Å². The largest absolute Gasteiger partial charge is 1.00 e. The van der Waals surface area contributed by atoms with Gasteiger partial charge in [-0.05, 0) is 43.7 Å². The van der Waals surface area contributed by atoms with Gasteiger partial charge in [-0.15, -0.1) is 0 Å². The number of hydrogen-bond donors (Lipinski definition) is 3. The molecule has 0 bridgehead atoms. The SMILES string of the molecule is C[n+]1ccc(C(=O)NNC(=O)C2CCC(CNS(=O)(=O)c3ccccc3Cl)CC2)cc1.[I-]. The molecular weight excluding hydrogens is 567 g/mol. The van der Waals surface area contributed by atoms with Crippen LogP contribution in [0.4, 0.5) is 0 Å². The normalized spacial score (nSPS) is 18.3. The molecule has 3 N–H and O–H groups in total. The summed E-state index contributed by atoms with van der Waals surface area (Å²) in [5.74, 6) is -0.687. The van der Waals surface area contributed by atoms with E-state index in [0.29, 0.717) is 37.8 Å². The van der Waals surface area contributed by atoms with Gasteiger partial charge in [0.05, 0.1) is 10.6 Å². The van der Waals surface area contributed by atoms with Gasteiger partial charge in [0.25, 0.3) is 5.91 Å². The van der Waals surface area contributed by atoms with Gasteiger partial charge in [0.1, 0.15) is 11.9 Å². The number of amides is 2. The van der Waals surface area contributed by atoms with Crippen LogP contribution in [0.1, 0.15) is 36.0 Å². The third-order valence-corrected chi connectivity index (χ3v) is 7.37. The Bertz CT molecular complexity index is 1040. The number of hydrazine groups is 1. The quantitative estimate of drug-likeness (QED) is 0.221. The molecule has 1 heterocycles. The Morgan fingerprint density at radius 3 is 2.28 bits per heavy atom. The van der Waals surface area contributed by atoms with E-state index in [-0.39, 0.29) is 57.5 Å². The van der Waals surface area contributed by atoms with Crippen LogP contribution in [-0.2, 0) is 21.9 Å². The summed E-state index contributed by atoms with van der Waals surface area (Å²) in [6, 6.07) is 9.63. The van der Waals surface area contributed by atoms with Crippen molar-refractivity contribution in [2.75, 3.05) is 6.54 Å². The summed E-state index contributed by atoms with van der Waals surface area (Å²) in [4.78, 5) is 24.5. The Morgan fingerprint density at radius 2 is 1.66 bits per heavy atom. The lowest BCUT2D eigenvalue weighted by atomic mass is 9.82. The lowest BCUT2D eigenvalue weighted by molar-refractivity contribution is -0.671. The maximum atomic E-state index is 12.5. The number of nitrogens with one attached hydrogen (secondary N) is 3. The van der Waals surface area contributed by atoms with Crippen LogP contribution in [0.15, 0.2) is 53.7 Å². The van der Waals surface area contributed by atoms with Crippen LogP contribution in [0.5, 0.6) is 0 Å². The summed E-state index contributed by atoms with van der Waals surface area (Å²) >= 11 is 5.99. The molecule has 0 aliphatic heterocycles. The standard InChI is InChI=1S/C21H25ClN4O4S.HI/c1-26-12-10-17(11-13-26)21(28)25-24-20(27)16-8-6-15(7-9-16)14-23-31(29,30)19-5-3-2-4-18(19)22;/h2-5,10-13,15-16,23,28H,6-9,14H2,1H3;1H. The van der Waals surface area contributed by atoms with Crippen LogP contribution in [0, 0.1) is 11.8 Å². The molecule has 1 saturated carbocycles. The Balaban J connectivity index is 0.00000363. The predicted octanol–water partition coefficient (Wildman–Crippen LogP) is -1.29. The number of carbonyl (C=O) groups is 2. The summed E-state index contributed by atoms with van der Waals surface area (Å²) in [5.41, 5.74) is 5.39. The van der Waals surface area contributed by atoms with E-state index in [1.807, 2.05) is 11.6 Å². The first kappa shape index (κ1) is 26.5. The number of aromatic nitrogens is 1. The van der Waals surface area contributed by atoms with E-state index in [1.54, 1.807) is 36.7 Å². The summed E-state index contributed by atoms with van der Waals surface area (Å²) in [5, 5.41) is 0.182. The molecule has 1 aliphatic rings. The lowest BCUT2D eigenvalue weighted by Gasteiger charge is -2.27. The molecule has 0 unspecified atom stereocenters. The van der Waals surface area contributed by atoms with Gasteiger partial charge in [0.2, 0.25) is 15.9 Å². The van der Waals surface area contributed by atoms with E-state index in [9.17, 15) is 18.0 Å². The van der Waals surface area contributed by atoms with Crippen molar-refractivity contribution in [2.24, 2.45) is 18.9 Å². The molecule has 8 nitrogen and oxygen atoms in total. The highest BCUT2D eigenvalue weighted by Crippen LogP contribution is 2.29. The zero-order chi connectivity index (χ0) is 22.4. The second-order valence-corrected chi connectivity index (χ2v) is 9.84. The number of pyridine rings is 1. The fourth-order valence-electron chi connectivity index (χ4n) is 3.54. The van der Waals surface area contributed by atoms with Gasteiger partial charge in [-0.3, -0.25) is 20.4 Å². The number of halogens is 2. The van der Waals surface area contributed by atoms with Crippen molar-refractivity contribution >= 4 is 33.4 Å². The Hall–Kier alpha value is -1.76. The van der Waals surface area contributed by atoms with Crippen molar-refractivity contribution in [3.63, 3.8) is 0 Å². The van der Waals surface area contributed by atoms with E-state index in [4.69, 9.17) is 11.6 Å². The third-order valence-electron chi connectivity index (χ3n) is 5.45. The Morgan fingerprint density at radius 1 is 1.03 bits per heavy atom. The average Bonchev–Trinajstić information content (AvgIpc) is 2.77. The van der Waals surface area contributed by atoms with Gasteiger partial charge in [0.15, 0.2) is 12.4 Å². The summed E-state index contributed by atoms with van der Waals surface area (Å²) in [6.07, 6.45) is 6.18. The molecule has 0 atom stereocenters. The second kappa shape index (κ2) is 11.9. The molecule has 1 aliphatic carbocycles. The molecule has 1 fully saturated rings. The maximum Gasteiger partial charge on any atom is 0.270 e. The minimum absolute atomic E-state index is 0. The van der Waals surface area contributed by atoms with E-state index < -0.39 is 10.0 Å². The second-order valence-electron chi connectivity index (χ2n) is 7.70. The number of benzene rings is 1. The van der Waals surface area contributed by atoms with Crippen molar-refractivity contribution in [1.29, 1.82) is 0 Å². The molecule has 32 heavy (non-hydrogen) atoms. The number of nitrogens with zero attached hydrogens (tertiary/aromatic N) is 1. The maximum absolute atomic E-state index is 12.5. The fraction of sp³-hybridized carbons (Fsp3) is 0.381. The molecule has 2 amide bonds. The number of carbonyl (C=O) groups excluding carboxylic acids is 2. The number of aryl methyl sites for hydroxylation is 1. The fourth-order valence-corrected chi connectivity index (χ4v) is 5.18. The number of rotatable bonds is 6. The Labute approximate surface area is 210 Å². The van der Waals surface area contributed by atoms with E-state index >= 15 is 0 Å². The topological polar surface area (TPSA) is 108 Å². The van der Waals surface area contributed by atoms with Crippen LogP contribution in [0.3, 0.4) is 0 Å². The minimum Gasteiger partial charge on any atom is -1.00 e. The van der Waals surface area contributed by atoms with Crippen molar-refractivity contribution < 1.29 is 46.6 Å². The Kier molecular flexibility index (Phi) is 9.86. The average molecular weight is 593 g/mol. The first-order chi connectivity index (χ1) is 14.8. The van der Waals surface area contributed by atoms with Gasteiger partial charge >= 0.3 is 0 Å². The van der Waals surface area contributed by atoms with E-state index in [1.165, 1.54) is 12.1 Å². The lowest BCUT2D eigenvalue weighted by Crippen LogP contribution is -3.00. The van der Waals surface area contributed by atoms with Gasteiger partial charge < -0.3 is 24.0 Å². The molecule has 0 radical (unpaired) electrons. The zero-order valence-electron chi connectivity index (χ0n) is 17.6. The molecule has 0 saturated heterocycles.